The molecule has 0 amide bonds. The molecular formula is C15H18FN5. The van der Waals surface area contributed by atoms with Crippen LogP contribution in [0.2, 0.25) is 0 Å². The summed E-state index contributed by atoms with van der Waals surface area (Å²) >= 11 is 0. The third kappa shape index (κ3) is 2.67. The summed E-state index contributed by atoms with van der Waals surface area (Å²) in [4.78, 5) is 12.8. The summed E-state index contributed by atoms with van der Waals surface area (Å²) in [5.74, 6) is 0.364. The fraction of sp³-hybridized carbons (Fsp3) is 0.333. The average Bonchev–Trinajstić information content (AvgIpc) is 2.50. The van der Waals surface area contributed by atoms with Crippen molar-refractivity contribution in [1.29, 1.82) is 0 Å². The minimum atomic E-state index is -0.327. The maximum Gasteiger partial charge on any atom is 0.155 e. The normalized spacial score (nSPS) is 16.2. The third-order valence-electron chi connectivity index (χ3n) is 3.79. The van der Waals surface area contributed by atoms with Crippen molar-refractivity contribution in [2.45, 2.75) is 0 Å². The quantitative estimate of drug-likeness (QED) is 0.909. The molecule has 0 spiro atoms. The molecule has 2 N–H and O–H groups in total. The molecule has 1 aromatic heterocycles. The molecule has 0 unspecified atom stereocenters. The zero-order valence-electron chi connectivity index (χ0n) is 12.0. The zero-order valence-corrected chi connectivity index (χ0v) is 12.0. The molecule has 21 heavy (non-hydrogen) atoms. The molecule has 1 saturated heterocycles. The third-order valence-corrected chi connectivity index (χ3v) is 3.79. The summed E-state index contributed by atoms with van der Waals surface area (Å²) < 4.78 is 13.9. The van der Waals surface area contributed by atoms with E-state index in [1.54, 1.807) is 18.2 Å². The van der Waals surface area contributed by atoms with Crippen LogP contribution in [0.1, 0.15) is 0 Å². The number of aromatic nitrogens is 2. The molecule has 0 bridgehead atoms. The number of piperazine rings is 1. The minimum Gasteiger partial charge on any atom is -0.394 e. The minimum absolute atomic E-state index is 0.327. The van der Waals surface area contributed by atoms with Crippen LogP contribution in [-0.2, 0) is 0 Å². The van der Waals surface area contributed by atoms with Gasteiger partial charge in [0.15, 0.2) is 5.82 Å². The fourth-order valence-electron chi connectivity index (χ4n) is 2.52. The molecule has 3 rings (SSSR count). The van der Waals surface area contributed by atoms with Crippen molar-refractivity contribution in [1.82, 2.24) is 14.9 Å². The van der Waals surface area contributed by atoms with Crippen molar-refractivity contribution < 1.29 is 4.39 Å². The van der Waals surface area contributed by atoms with Gasteiger partial charge in [-0.15, -0.1) is 0 Å². The fourth-order valence-corrected chi connectivity index (χ4v) is 2.52. The van der Waals surface area contributed by atoms with Gasteiger partial charge in [0, 0.05) is 31.7 Å². The largest absolute Gasteiger partial charge is 0.394 e. The SMILES string of the molecule is CN1CCN(c2ncnc(-c3ccccc3F)c2N)CC1. The number of nitrogen functional groups attached to an aromatic ring is 1. The van der Waals surface area contributed by atoms with E-state index in [0.29, 0.717) is 22.8 Å². The van der Waals surface area contributed by atoms with Crippen molar-refractivity contribution in [3.05, 3.63) is 36.4 Å². The Hall–Kier alpha value is -2.21. The van der Waals surface area contributed by atoms with E-state index < -0.39 is 0 Å². The molecule has 0 radical (unpaired) electrons. The Balaban J connectivity index is 1.98. The second kappa shape index (κ2) is 5.65. The second-order valence-electron chi connectivity index (χ2n) is 5.23. The first-order valence-corrected chi connectivity index (χ1v) is 6.95. The van der Waals surface area contributed by atoms with E-state index >= 15 is 0 Å². The van der Waals surface area contributed by atoms with Gasteiger partial charge in [-0.1, -0.05) is 12.1 Å². The number of anilines is 2. The molecule has 0 aliphatic carbocycles. The first-order valence-electron chi connectivity index (χ1n) is 6.95. The highest BCUT2D eigenvalue weighted by atomic mass is 19.1. The number of hydrogen-bond acceptors (Lipinski definition) is 5. The van der Waals surface area contributed by atoms with E-state index in [0.717, 1.165) is 26.2 Å². The summed E-state index contributed by atoms with van der Waals surface area (Å²) in [6.45, 7) is 3.62. The number of nitrogens with two attached hydrogens (primary N) is 1. The summed E-state index contributed by atoms with van der Waals surface area (Å²) in [5.41, 5.74) is 7.51. The molecule has 1 aliphatic rings. The number of rotatable bonds is 2. The second-order valence-corrected chi connectivity index (χ2v) is 5.23. The predicted molar refractivity (Wildman–Crippen MR) is 81.5 cm³/mol. The Morgan fingerprint density at radius 3 is 2.52 bits per heavy atom. The van der Waals surface area contributed by atoms with Crippen LogP contribution in [0.3, 0.4) is 0 Å². The van der Waals surface area contributed by atoms with Crippen LogP contribution in [0.25, 0.3) is 11.3 Å². The molecule has 5 nitrogen and oxygen atoms in total. The Morgan fingerprint density at radius 2 is 1.81 bits per heavy atom. The molecule has 0 saturated carbocycles. The van der Waals surface area contributed by atoms with Crippen LogP contribution in [0, 0.1) is 5.82 Å². The highest BCUT2D eigenvalue weighted by Crippen LogP contribution is 2.31. The van der Waals surface area contributed by atoms with Crippen LogP contribution >= 0.6 is 0 Å². The van der Waals surface area contributed by atoms with Crippen molar-refractivity contribution in [2.24, 2.45) is 0 Å². The van der Waals surface area contributed by atoms with Gasteiger partial charge in [0.25, 0.3) is 0 Å². The van der Waals surface area contributed by atoms with Crippen molar-refractivity contribution >= 4 is 11.5 Å². The smallest absolute Gasteiger partial charge is 0.155 e. The zero-order chi connectivity index (χ0) is 14.8. The van der Waals surface area contributed by atoms with E-state index in [1.807, 2.05) is 0 Å². The van der Waals surface area contributed by atoms with Crippen LogP contribution in [0.5, 0.6) is 0 Å². The van der Waals surface area contributed by atoms with Crippen LogP contribution in [0.4, 0.5) is 15.9 Å². The van der Waals surface area contributed by atoms with Gasteiger partial charge < -0.3 is 15.5 Å². The van der Waals surface area contributed by atoms with Gasteiger partial charge in [0.2, 0.25) is 0 Å². The van der Waals surface area contributed by atoms with Crippen molar-refractivity contribution in [3.8, 4) is 11.3 Å². The van der Waals surface area contributed by atoms with E-state index in [-0.39, 0.29) is 5.82 Å². The molecule has 1 aliphatic heterocycles. The van der Waals surface area contributed by atoms with Crippen molar-refractivity contribution in [3.63, 3.8) is 0 Å². The number of nitrogens with zero attached hydrogens (tertiary/aromatic N) is 4. The first-order chi connectivity index (χ1) is 10.2. The van der Waals surface area contributed by atoms with Gasteiger partial charge in [-0.25, -0.2) is 14.4 Å². The Bertz CT molecular complexity index is 638. The summed E-state index contributed by atoms with van der Waals surface area (Å²) in [6.07, 6.45) is 1.45. The van der Waals surface area contributed by atoms with Gasteiger partial charge in [-0.2, -0.15) is 0 Å². The topological polar surface area (TPSA) is 58.3 Å². The number of benzene rings is 1. The Morgan fingerprint density at radius 1 is 1.10 bits per heavy atom. The number of hydrogen-bond donors (Lipinski definition) is 1. The van der Waals surface area contributed by atoms with Crippen LogP contribution in [-0.4, -0.2) is 48.1 Å². The van der Waals surface area contributed by atoms with Gasteiger partial charge >= 0.3 is 0 Å². The standard InChI is InChI=1S/C15H18FN5/c1-20-6-8-21(9-7-20)15-13(17)14(18-10-19-15)11-4-2-3-5-12(11)16/h2-5,10H,6-9,17H2,1H3. The lowest BCUT2D eigenvalue weighted by atomic mass is 10.1. The maximum absolute atomic E-state index is 13.9. The van der Waals surface area contributed by atoms with Crippen LogP contribution in [0.15, 0.2) is 30.6 Å². The van der Waals surface area contributed by atoms with Gasteiger partial charge in [-0.3, -0.25) is 0 Å². The van der Waals surface area contributed by atoms with Gasteiger partial charge in [0.05, 0.1) is 0 Å². The molecule has 6 heteroatoms. The molecule has 1 fully saturated rings. The Kier molecular flexibility index (Phi) is 3.70. The van der Waals surface area contributed by atoms with Gasteiger partial charge in [-0.05, 0) is 19.2 Å². The molecule has 110 valence electrons. The Labute approximate surface area is 123 Å². The van der Waals surface area contributed by atoms with E-state index in [2.05, 4.69) is 26.8 Å². The van der Waals surface area contributed by atoms with Gasteiger partial charge in [0.1, 0.15) is 23.5 Å². The lowest BCUT2D eigenvalue weighted by Crippen LogP contribution is -2.45. The molecule has 1 aromatic carbocycles. The maximum atomic E-state index is 13.9. The highest BCUT2D eigenvalue weighted by Gasteiger charge is 2.20. The average molecular weight is 287 g/mol. The number of likely N-dealkylation sites (N-methyl/N-ethyl adjacent to an activating group) is 1. The van der Waals surface area contributed by atoms with E-state index in [4.69, 9.17) is 5.73 Å². The molecule has 2 heterocycles. The first kappa shape index (κ1) is 13.8. The monoisotopic (exact) mass is 287 g/mol. The molecule has 0 atom stereocenters. The predicted octanol–water partition coefficient (Wildman–Crippen LogP) is 1.62. The summed E-state index contributed by atoms with van der Waals surface area (Å²) in [5, 5.41) is 0. The van der Waals surface area contributed by atoms with Crippen LogP contribution < -0.4 is 10.6 Å². The lowest BCUT2D eigenvalue weighted by Gasteiger charge is -2.33. The molecule has 2 aromatic rings. The van der Waals surface area contributed by atoms with E-state index in [9.17, 15) is 4.39 Å². The number of halogens is 1. The van der Waals surface area contributed by atoms with Crippen molar-refractivity contribution in [2.75, 3.05) is 43.9 Å². The molecular weight excluding hydrogens is 269 g/mol. The summed E-state index contributed by atoms with van der Waals surface area (Å²) in [6, 6.07) is 6.52. The van der Waals surface area contributed by atoms with E-state index in [1.165, 1.54) is 12.4 Å². The highest BCUT2D eigenvalue weighted by molar-refractivity contribution is 5.81. The summed E-state index contributed by atoms with van der Waals surface area (Å²) in [7, 11) is 2.09. The lowest BCUT2D eigenvalue weighted by molar-refractivity contribution is 0.312.